The van der Waals surface area contributed by atoms with Crippen LogP contribution in [0.3, 0.4) is 0 Å². The van der Waals surface area contributed by atoms with Gasteiger partial charge in [-0.05, 0) is 58.3 Å². The molecule has 6 aromatic carbocycles. The average Bonchev–Trinajstić information content (AvgIpc) is 3.72. The molecule has 10 rings (SSSR count). The molecule has 1 aliphatic heterocycles. The zero-order chi connectivity index (χ0) is 31.6. The molecule has 2 atom stereocenters. The standard InChI is InChI=1S/C43H27N3O2/c1-2-10-27(11-3-1)41-44-42(31-18-17-26-9-4-5-12-28(26)23-31)46-43(45-41)34-14-8-16-38-40(34)35-24-29(20-22-37(35)47-38)30-19-21-33-32-13-6-7-15-36(32)48-39(33)25-30/h1-25,32,36H. The van der Waals surface area contributed by atoms with E-state index < -0.39 is 0 Å². The molecule has 3 heterocycles. The second-order valence-corrected chi connectivity index (χ2v) is 12.4. The molecule has 0 radical (unpaired) electrons. The van der Waals surface area contributed by atoms with Crippen LogP contribution in [0.5, 0.6) is 5.75 Å². The van der Waals surface area contributed by atoms with Gasteiger partial charge in [0, 0.05) is 38.9 Å². The third-order valence-electron chi connectivity index (χ3n) is 9.46. The van der Waals surface area contributed by atoms with E-state index in [1.807, 2.05) is 42.5 Å². The van der Waals surface area contributed by atoms with Crippen molar-refractivity contribution in [2.45, 2.75) is 12.0 Å². The van der Waals surface area contributed by atoms with Crippen molar-refractivity contribution in [2.24, 2.45) is 0 Å². The Bertz CT molecular complexity index is 2620. The van der Waals surface area contributed by atoms with Gasteiger partial charge in [0.15, 0.2) is 17.5 Å². The van der Waals surface area contributed by atoms with E-state index in [1.54, 1.807) is 0 Å². The molecule has 0 spiro atoms. The first-order valence-electron chi connectivity index (χ1n) is 16.2. The lowest BCUT2D eigenvalue weighted by Crippen LogP contribution is -2.15. The average molecular weight is 618 g/mol. The maximum Gasteiger partial charge on any atom is 0.164 e. The van der Waals surface area contributed by atoms with Gasteiger partial charge in [-0.2, -0.15) is 0 Å². The third kappa shape index (κ3) is 4.36. The summed E-state index contributed by atoms with van der Waals surface area (Å²) >= 11 is 0. The minimum absolute atomic E-state index is 0.0590. The van der Waals surface area contributed by atoms with Gasteiger partial charge >= 0.3 is 0 Å². The van der Waals surface area contributed by atoms with Gasteiger partial charge in [0.2, 0.25) is 0 Å². The van der Waals surface area contributed by atoms with E-state index in [0.717, 1.165) is 60.9 Å². The first kappa shape index (κ1) is 26.8. The molecule has 0 fully saturated rings. The predicted octanol–water partition coefficient (Wildman–Crippen LogP) is 10.6. The summed E-state index contributed by atoms with van der Waals surface area (Å²) in [6.07, 6.45) is 8.57. The Morgan fingerprint density at radius 1 is 0.500 bits per heavy atom. The van der Waals surface area contributed by atoms with E-state index in [1.165, 1.54) is 10.9 Å². The topological polar surface area (TPSA) is 61.0 Å². The number of benzene rings is 6. The summed E-state index contributed by atoms with van der Waals surface area (Å²) in [5.74, 6) is 3.05. The molecule has 1 aliphatic carbocycles. The second kappa shape index (κ2) is 10.6. The van der Waals surface area contributed by atoms with Crippen LogP contribution in [0.2, 0.25) is 0 Å². The van der Waals surface area contributed by atoms with Crippen LogP contribution in [0.4, 0.5) is 0 Å². The minimum Gasteiger partial charge on any atom is -0.485 e. The van der Waals surface area contributed by atoms with Gasteiger partial charge in [0.25, 0.3) is 0 Å². The van der Waals surface area contributed by atoms with Crippen molar-refractivity contribution in [1.82, 2.24) is 15.0 Å². The van der Waals surface area contributed by atoms with Crippen molar-refractivity contribution >= 4 is 32.7 Å². The molecule has 48 heavy (non-hydrogen) atoms. The molecule has 2 aromatic heterocycles. The van der Waals surface area contributed by atoms with Gasteiger partial charge in [0.05, 0.1) is 0 Å². The van der Waals surface area contributed by atoms with Crippen LogP contribution in [-0.2, 0) is 0 Å². The number of rotatable bonds is 4. The fraction of sp³-hybridized carbons (Fsp3) is 0.0465. The van der Waals surface area contributed by atoms with Crippen molar-refractivity contribution in [3.05, 3.63) is 157 Å². The van der Waals surface area contributed by atoms with Crippen LogP contribution >= 0.6 is 0 Å². The maximum atomic E-state index is 6.41. The lowest BCUT2D eigenvalue weighted by atomic mass is 9.91. The van der Waals surface area contributed by atoms with Gasteiger partial charge < -0.3 is 9.15 Å². The Morgan fingerprint density at radius 3 is 2.17 bits per heavy atom. The van der Waals surface area contributed by atoms with Crippen LogP contribution in [-0.4, -0.2) is 21.1 Å². The number of hydrogen-bond donors (Lipinski definition) is 0. The first-order valence-corrected chi connectivity index (χ1v) is 16.2. The Labute approximate surface area is 276 Å². The summed E-state index contributed by atoms with van der Waals surface area (Å²) in [6, 6.07) is 43.8. The van der Waals surface area contributed by atoms with Crippen molar-refractivity contribution in [2.75, 3.05) is 0 Å². The normalized spacial score (nSPS) is 16.3. The van der Waals surface area contributed by atoms with Crippen LogP contribution < -0.4 is 4.74 Å². The van der Waals surface area contributed by atoms with Crippen LogP contribution in [0.25, 0.3) is 78.0 Å². The molecule has 0 N–H and O–H groups in total. The van der Waals surface area contributed by atoms with Gasteiger partial charge in [-0.1, -0.05) is 115 Å². The lowest BCUT2D eigenvalue weighted by molar-refractivity contribution is 0.269. The highest BCUT2D eigenvalue weighted by Crippen LogP contribution is 2.44. The lowest BCUT2D eigenvalue weighted by Gasteiger charge is -2.13. The maximum absolute atomic E-state index is 6.41. The van der Waals surface area contributed by atoms with Gasteiger partial charge in [-0.3, -0.25) is 0 Å². The molecule has 2 unspecified atom stereocenters. The Morgan fingerprint density at radius 2 is 1.25 bits per heavy atom. The van der Waals surface area contributed by atoms with Crippen LogP contribution in [0.1, 0.15) is 11.5 Å². The number of aromatic nitrogens is 3. The fourth-order valence-corrected chi connectivity index (χ4v) is 7.08. The van der Waals surface area contributed by atoms with Crippen LogP contribution in [0.15, 0.2) is 156 Å². The monoisotopic (exact) mass is 617 g/mol. The molecular formula is C43H27N3O2. The zero-order valence-corrected chi connectivity index (χ0v) is 25.7. The first-order chi connectivity index (χ1) is 23.7. The molecule has 5 heteroatoms. The van der Waals surface area contributed by atoms with Crippen molar-refractivity contribution < 1.29 is 9.15 Å². The van der Waals surface area contributed by atoms with E-state index in [9.17, 15) is 0 Å². The third-order valence-corrected chi connectivity index (χ3v) is 9.46. The molecular weight excluding hydrogens is 590 g/mol. The van der Waals surface area contributed by atoms with E-state index >= 15 is 0 Å². The highest BCUT2D eigenvalue weighted by atomic mass is 16.5. The van der Waals surface area contributed by atoms with Gasteiger partial charge in [0.1, 0.15) is 23.0 Å². The van der Waals surface area contributed by atoms with Gasteiger partial charge in [-0.15, -0.1) is 0 Å². The number of fused-ring (bicyclic) bond motifs is 7. The number of nitrogens with zero attached hydrogens (tertiary/aromatic N) is 3. The summed E-state index contributed by atoms with van der Waals surface area (Å²) in [5.41, 5.74) is 7.77. The van der Waals surface area contributed by atoms with Crippen LogP contribution in [0, 0.1) is 0 Å². The Balaban J connectivity index is 1.14. The van der Waals surface area contributed by atoms with Crippen molar-refractivity contribution in [3.8, 4) is 51.0 Å². The molecule has 0 saturated carbocycles. The summed E-state index contributed by atoms with van der Waals surface area (Å²) in [5, 5.41) is 4.29. The summed E-state index contributed by atoms with van der Waals surface area (Å²) < 4.78 is 12.7. The Hall–Kier alpha value is -6.33. The molecule has 0 bridgehead atoms. The second-order valence-electron chi connectivity index (χ2n) is 12.4. The van der Waals surface area contributed by atoms with E-state index in [0.29, 0.717) is 17.5 Å². The summed E-state index contributed by atoms with van der Waals surface area (Å²) in [6.45, 7) is 0. The molecule has 8 aromatic rings. The van der Waals surface area contributed by atoms with Crippen molar-refractivity contribution in [3.63, 3.8) is 0 Å². The van der Waals surface area contributed by atoms with Gasteiger partial charge in [-0.25, -0.2) is 15.0 Å². The van der Waals surface area contributed by atoms with Crippen molar-refractivity contribution in [1.29, 1.82) is 0 Å². The number of hydrogen-bond acceptors (Lipinski definition) is 5. The molecule has 0 amide bonds. The zero-order valence-electron chi connectivity index (χ0n) is 25.7. The van der Waals surface area contributed by atoms with E-state index in [4.69, 9.17) is 24.1 Å². The highest BCUT2D eigenvalue weighted by molar-refractivity contribution is 6.12. The number of ether oxygens (including phenoxy) is 1. The predicted molar refractivity (Wildman–Crippen MR) is 192 cm³/mol. The SMILES string of the molecule is C1=CC2Oc3cc(-c4ccc5oc6cccc(-c7nc(-c8ccccc8)nc(-c8ccc9ccccc9c8)n7)c6c5c4)ccc3C2C=C1. The molecule has 5 nitrogen and oxygen atoms in total. The summed E-state index contributed by atoms with van der Waals surface area (Å²) in [4.78, 5) is 15.1. The van der Waals surface area contributed by atoms with E-state index in [2.05, 4.69) is 109 Å². The number of allylic oxidation sites excluding steroid dienone is 2. The number of furan rings is 1. The quantitative estimate of drug-likeness (QED) is 0.197. The van der Waals surface area contributed by atoms with E-state index in [-0.39, 0.29) is 12.0 Å². The Kier molecular flexibility index (Phi) is 5.93. The minimum atomic E-state index is 0.0590. The molecule has 2 aliphatic rings. The largest absolute Gasteiger partial charge is 0.485 e. The highest BCUT2D eigenvalue weighted by Gasteiger charge is 2.32. The smallest absolute Gasteiger partial charge is 0.164 e. The molecule has 226 valence electrons. The fourth-order valence-electron chi connectivity index (χ4n) is 7.08. The summed E-state index contributed by atoms with van der Waals surface area (Å²) in [7, 11) is 0. The molecule has 0 saturated heterocycles.